The fourth-order valence-corrected chi connectivity index (χ4v) is 1.61. The van der Waals surface area contributed by atoms with Gasteiger partial charge in [-0.15, -0.1) is 0 Å². The van der Waals surface area contributed by atoms with Crippen LogP contribution < -0.4 is 5.56 Å². The maximum atomic E-state index is 12.0. The molecule has 0 bridgehead atoms. The summed E-state index contributed by atoms with van der Waals surface area (Å²) < 4.78 is 5.69. The quantitative estimate of drug-likeness (QED) is 0.754. The van der Waals surface area contributed by atoms with Crippen LogP contribution in [-0.4, -0.2) is 22.6 Å². The second-order valence-corrected chi connectivity index (χ2v) is 3.85. The van der Waals surface area contributed by atoms with Crippen LogP contribution in [0.4, 0.5) is 0 Å². The third-order valence-electron chi connectivity index (χ3n) is 2.31. The summed E-state index contributed by atoms with van der Waals surface area (Å²) in [6.45, 7) is -0.152. The molecule has 2 aromatic rings. The topological polar surface area (TPSA) is 61.2 Å². The number of rotatable bonds is 2. The Kier molecular flexibility index (Phi) is 3.10. The minimum atomic E-state index is -0.498. The number of esters is 1. The van der Waals surface area contributed by atoms with Gasteiger partial charge in [0, 0.05) is 5.02 Å². The lowest BCUT2D eigenvalue weighted by Gasteiger charge is -2.05. The molecule has 0 saturated heterocycles. The molecule has 0 amide bonds. The summed E-state index contributed by atoms with van der Waals surface area (Å²) in [6.07, 6.45) is 1.30. The molecule has 0 saturated carbocycles. The Balaban J connectivity index is 2.54. The molecule has 6 heteroatoms. The molecule has 5 nitrogen and oxygen atoms in total. The van der Waals surface area contributed by atoms with Crippen molar-refractivity contribution >= 4 is 28.5 Å². The number of hydrogen-bond acceptors (Lipinski definition) is 4. The molecule has 0 unspecified atom stereocenters. The maximum absolute atomic E-state index is 12.0. The molecule has 1 aromatic heterocycles. The third-order valence-corrected chi connectivity index (χ3v) is 2.55. The van der Waals surface area contributed by atoms with Crippen molar-refractivity contribution < 1.29 is 9.53 Å². The van der Waals surface area contributed by atoms with Crippen molar-refractivity contribution in [2.24, 2.45) is 0 Å². The van der Waals surface area contributed by atoms with Crippen molar-refractivity contribution in [3.63, 3.8) is 0 Å². The number of carbonyl (C=O) groups excluding carboxylic acids is 1. The van der Waals surface area contributed by atoms with Gasteiger partial charge < -0.3 is 4.74 Å². The Morgan fingerprint density at radius 1 is 1.53 bits per heavy atom. The summed E-state index contributed by atoms with van der Waals surface area (Å²) in [5, 5.41) is 0.927. The van der Waals surface area contributed by atoms with Crippen molar-refractivity contribution in [2.45, 2.75) is 6.54 Å². The number of nitrogens with zero attached hydrogens (tertiary/aromatic N) is 2. The second kappa shape index (κ2) is 4.55. The van der Waals surface area contributed by atoms with E-state index < -0.39 is 5.97 Å². The third kappa shape index (κ3) is 2.29. The predicted molar refractivity (Wildman–Crippen MR) is 63.0 cm³/mol. The van der Waals surface area contributed by atoms with Crippen LogP contribution >= 0.6 is 11.6 Å². The fraction of sp³-hybridized carbons (Fsp3) is 0.182. The summed E-state index contributed by atoms with van der Waals surface area (Å²) >= 11 is 5.79. The molecule has 1 aromatic carbocycles. The van der Waals surface area contributed by atoms with Gasteiger partial charge >= 0.3 is 5.97 Å². The van der Waals surface area contributed by atoms with Crippen LogP contribution in [0, 0.1) is 0 Å². The van der Waals surface area contributed by atoms with Crippen LogP contribution in [0.3, 0.4) is 0 Å². The highest BCUT2D eigenvalue weighted by atomic mass is 35.5. The zero-order chi connectivity index (χ0) is 12.4. The van der Waals surface area contributed by atoms with Crippen LogP contribution in [0.15, 0.2) is 29.3 Å². The maximum Gasteiger partial charge on any atom is 0.325 e. The molecule has 0 aliphatic rings. The summed E-state index contributed by atoms with van der Waals surface area (Å²) in [5.41, 5.74) is 0.209. The number of carbonyl (C=O) groups is 1. The predicted octanol–water partition coefficient (Wildman–Crippen LogP) is 1.22. The van der Waals surface area contributed by atoms with Gasteiger partial charge in [0.1, 0.15) is 6.54 Å². The van der Waals surface area contributed by atoms with E-state index in [1.807, 2.05) is 0 Å². The highest BCUT2D eigenvalue weighted by Gasteiger charge is 2.08. The number of methoxy groups -OCH3 is 1. The summed E-state index contributed by atoms with van der Waals surface area (Å²) in [5.74, 6) is -0.498. The largest absolute Gasteiger partial charge is 0.468 e. The van der Waals surface area contributed by atoms with Gasteiger partial charge in [-0.05, 0) is 18.2 Å². The molecule has 0 radical (unpaired) electrons. The van der Waals surface area contributed by atoms with Crippen molar-refractivity contribution in [3.8, 4) is 0 Å². The first-order valence-electron chi connectivity index (χ1n) is 4.83. The van der Waals surface area contributed by atoms with Crippen LogP contribution in [0.2, 0.25) is 5.02 Å². The zero-order valence-electron chi connectivity index (χ0n) is 9.01. The van der Waals surface area contributed by atoms with Crippen LogP contribution in [0.25, 0.3) is 10.9 Å². The Bertz CT molecular complexity index is 636. The van der Waals surface area contributed by atoms with Gasteiger partial charge in [0.25, 0.3) is 5.56 Å². The van der Waals surface area contributed by atoms with E-state index in [0.717, 1.165) is 0 Å². The van der Waals surface area contributed by atoms with E-state index in [4.69, 9.17) is 11.6 Å². The number of halogens is 1. The molecule has 0 aliphatic heterocycles. The average molecular weight is 253 g/mol. The average Bonchev–Trinajstić information content (AvgIpc) is 2.32. The van der Waals surface area contributed by atoms with Crippen molar-refractivity contribution in [1.82, 2.24) is 9.55 Å². The van der Waals surface area contributed by atoms with Crippen LogP contribution in [0.5, 0.6) is 0 Å². The smallest absolute Gasteiger partial charge is 0.325 e. The number of hydrogen-bond donors (Lipinski definition) is 0. The minimum absolute atomic E-state index is 0.152. The first-order chi connectivity index (χ1) is 8.11. The molecular formula is C11H9ClN2O3. The molecular weight excluding hydrogens is 244 g/mol. The number of ether oxygens (including phenoxy) is 1. The molecule has 0 atom stereocenters. The Morgan fingerprint density at radius 3 is 3.00 bits per heavy atom. The highest BCUT2D eigenvalue weighted by molar-refractivity contribution is 6.31. The lowest BCUT2D eigenvalue weighted by molar-refractivity contribution is -0.141. The summed E-state index contributed by atoms with van der Waals surface area (Å²) in [7, 11) is 1.27. The van der Waals surface area contributed by atoms with E-state index in [2.05, 4.69) is 9.72 Å². The van der Waals surface area contributed by atoms with Gasteiger partial charge in [-0.25, -0.2) is 4.98 Å². The first-order valence-corrected chi connectivity index (χ1v) is 5.21. The lowest BCUT2D eigenvalue weighted by Crippen LogP contribution is -2.25. The lowest BCUT2D eigenvalue weighted by atomic mass is 10.2. The second-order valence-electron chi connectivity index (χ2n) is 3.42. The number of fused-ring (bicyclic) bond motifs is 1. The normalized spacial score (nSPS) is 10.5. The summed E-state index contributed by atoms with van der Waals surface area (Å²) in [6, 6.07) is 4.79. The Labute approximate surface area is 102 Å². The highest BCUT2D eigenvalue weighted by Crippen LogP contribution is 2.13. The van der Waals surface area contributed by atoms with E-state index in [0.29, 0.717) is 15.9 Å². The molecule has 17 heavy (non-hydrogen) atoms. The van der Waals surface area contributed by atoms with E-state index in [1.165, 1.54) is 18.0 Å². The van der Waals surface area contributed by atoms with Gasteiger partial charge in [0.2, 0.25) is 0 Å². The Morgan fingerprint density at radius 2 is 2.29 bits per heavy atom. The van der Waals surface area contributed by atoms with Gasteiger partial charge in [-0.3, -0.25) is 14.2 Å². The molecule has 1 heterocycles. The van der Waals surface area contributed by atoms with Gasteiger partial charge in [0.15, 0.2) is 0 Å². The van der Waals surface area contributed by atoms with E-state index in [-0.39, 0.29) is 12.1 Å². The monoisotopic (exact) mass is 252 g/mol. The van der Waals surface area contributed by atoms with Gasteiger partial charge in [0.05, 0.1) is 24.3 Å². The minimum Gasteiger partial charge on any atom is -0.468 e. The first kappa shape index (κ1) is 11.6. The van der Waals surface area contributed by atoms with E-state index in [9.17, 15) is 9.59 Å². The van der Waals surface area contributed by atoms with Crippen molar-refractivity contribution in [2.75, 3.05) is 7.11 Å². The fourth-order valence-electron chi connectivity index (χ4n) is 1.45. The molecule has 0 fully saturated rings. The summed E-state index contributed by atoms with van der Waals surface area (Å²) in [4.78, 5) is 27.1. The number of benzene rings is 1. The van der Waals surface area contributed by atoms with Crippen LogP contribution in [-0.2, 0) is 16.1 Å². The van der Waals surface area contributed by atoms with Gasteiger partial charge in [-0.2, -0.15) is 0 Å². The number of aromatic nitrogens is 2. The molecule has 0 N–H and O–H groups in total. The molecule has 0 spiro atoms. The van der Waals surface area contributed by atoms with E-state index in [1.54, 1.807) is 18.2 Å². The Hall–Kier alpha value is -1.88. The molecule has 0 aliphatic carbocycles. The molecule has 88 valence electrons. The standard InChI is InChI=1S/C11H9ClN2O3/c1-17-10(15)5-14-6-13-9-4-7(12)2-3-8(9)11(14)16/h2-4,6H,5H2,1H3. The van der Waals surface area contributed by atoms with E-state index >= 15 is 0 Å². The zero-order valence-corrected chi connectivity index (χ0v) is 9.77. The van der Waals surface area contributed by atoms with Gasteiger partial charge in [-0.1, -0.05) is 11.6 Å². The van der Waals surface area contributed by atoms with Crippen molar-refractivity contribution in [1.29, 1.82) is 0 Å². The van der Waals surface area contributed by atoms with Crippen molar-refractivity contribution in [3.05, 3.63) is 39.9 Å². The molecule has 2 rings (SSSR count). The SMILES string of the molecule is COC(=O)Cn1cnc2cc(Cl)ccc2c1=O. The van der Waals surface area contributed by atoms with Crippen LogP contribution in [0.1, 0.15) is 0 Å².